The number of amides is 3. The summed E-state index contributed by atoms with van der Waals surface area (Å²) in [6, 6.07) is 2.06. The van der Waals surface area contributed by atoms with Gasteiger partial charge in [0.05, 0.1) is 6.54 Å². The maximum atomic E-state index is 13.2. The summed E-state index contributed by atoms with van der Waals surface area (Å²) < 4.78 is 26.1. The third-order valence-corrected chi connectivity index (χ3v) is 4.11. The Balaban J connectivity index is 2.11. The smallest absolute Gasteiger partial charge is 0.323 e. The minimum absolute atomic E-state index is 0.0923. The van der Waals surface area contributed by atoms with Crippen molar-refractivity contribution >= 4 is 17.7 Å². The van der Waals surface area contributed by atoms with E-state index in [0.717, 1.165) is 29.5 Å². The average molecular weight is 338 g/mol. The molecule has 1 aromatic rings. The third kappa shape index (κ3) is 3.60. The zero-order valence-corrected chi connectivity index (χ0v) is 13.9. The number of halogens is 2. The highest BCUT2D eigenvalue weighted by atomic mass is 19.2. The van der Waals surface area contributed by atoms with Crippen LogP contribution >= 0.6 is 0 Å². The van der Waals surface area contributed by atoms with Gasteiger partial charge in [-0.1, -0.05) is 13.8 Å². The zero-order valence-electron chi connectivity index (χ0n) is 13.9. The van der Waals surface area contributed by atoms with Gasteiger partial charge >= 0.3 is 6.03 Å². The van der Waals surface area contributed by atoms with Crippen molar-refractivity contribution in [3.8, 4) is 0 Å². The van der Waals surface area contributed by atoms with E-state index in [1.54, 1.807) is 6.92 Å². The molecule has 1 aliphatic rings. The number of nitrogens with zero attached hydrogens (tertiary/aromatic N) is 1. The van der Waals surface area contributed by atoms with E-state index in [-0.39, 0.29) is 5.56 Å². The first-order valence-electron chi connectivity index (χ1n) is 7.76. The van der Waals surface area contributed by atoms with E-state index in [1.807, 2.05) is 13.8 Å². The molecule has 7 heteroatoms. The van der Waals surface area contributed by atoms with Crippen LogP contribution in [-0.4, -0.2) is 34.7 Å². The van der Waals surface area contributed by atoms with Crippen LogP contribution in [0.15, 0.2) is 18.2 Å². The summed E-state index contributed by atoms with van der Waals surface area (Å²) in [5.41, 5.74) is -1.14. The second kappa shape index (κ2) is 6.67. The van der Waals surface area contributed by atoms with Gasteiger partial charge in [-0.2, -0.15) is 0 Å². The Hall–Kier alpha value is -2.31. The average Bonchev–Trinajstić information content (AvgIpc) is 2.72. The van der Waals surface area contributed by atoms with Crippen LogP contribution in [0.4, 0.5) is 13.6 Å². The molecular formula is C17H20F2N2O3. The predicted octanol–water partition coefficient (Wildman–Crippen LogP) is 2.89. The maximum absolute atomic E-state index is 13.2. The molecule has 1 heterocycles. The van der Waals surface area contributed by atoms with E-state index in [0.29, 0.717) is 12.3 Å². The molecule has 1 saturated heterocycles. The Morgan fingerprint density at radius 3 is 2.50 bits per heavy atom. The summed E-state index contributed by atoms with van der Waals surface area (Å²) in [6.45, 7) is 5.13. The molecule has 1 atom stereocenters. The number of ketones is 1. The Bertz CT molecular complexity index is 690. The summed E-state index contributed by atoms with van der Waals surface area (Å²) >= 11 is 0. The fraction of sp³-hybridized carbons (Fsp3) is 0.471. The van der Waals surface area contributed by atoms with Crippen LogP contribution in [0.1, 0.15) is 44.0 Å². The number of hydrogen-bond donors (Lipinski definition) is 1. The van der Waals surface area contributed by atoms with Crippen molar-refractivity contribution in [1.29, 1.82) is 0 Å². The minimum Gasteiger partial charge on any atom is -0.323 e. The highest BCUT2D eigenvalue weighted by molar-refractivity contribution is 6.10. The lowest BCUT2D eigenvalue weighted by atomic mass is 9.92. The Kier molecular flexibility index (Phi) is 5.01. The molecule has 1 aliphatic heterocycles. The molecule has 0 bridgehead atoms. The first-order valence-corrected chi connectivity index (χ1v) is 7.76. The summed E-state index contributed by atoms with van der Waals surface area (Å²) in [7, 11) is 0. The Labute approximate surface area is 139 Å². The molecule has 1 aromatic carbocycles. The summed E-state index contributed by atoms with van der Waals surface area (Å²) in [6.07, 6.45) is 1.21. The van der Waals surface area contributed by atoms with Gasteiger partial charge in [0.15, 0.2) is 17.4 Å². The van der Waals surface area contributed by atoms with E-state index < -0.39 is 41.4 Å². The standard InChI is InChI=1S/C17H20F2N2O3/c1-10(2)6-7-17(3)15(23)21(16(24)20-17)9-14(22)11-4-5-12(18)13(19)8-11/h4-5,8,10H,6-7,9H2,1-3H3,(H,20,24). The number of benzene rings is 1. The van der Waals surface area contributed by atoms with E-state index in [2.05, 4.69) is 5.32 Å². The predicted molar refractivity (Wildman–Crippen MR) is 83.4 cm³/mol. The highest BCUT2D eigenvalue weighted by Gasteiger charge is 2.47. The van der Waals surface area contributed by atoms with Crippen molar-refractivity contribution in [3.63, 3.8) is 0 Å². The van der Waals surface area contributed by atoms with Gasteiger partial charge in [0.1, 0.15) is 5.54 Å². The summed E-state index contributed by atoms with van der Waals surface area (Å²) in [4.78, 5) is 37.5. The van der Waals surface area contributed by atoms with Gasteiger partial charge in [-0.25, -0.2) is 13.6 Å². The van der Waals surface area contributed by atoms with Crippen molar-refractivity contribution in [2.45, 2.75) is 39.2 Å². The molecule has 0 aromatic heterocycles. The monoisotopic (exact) mass is 338 g/mol. The van der Waals surface area contributed by atoms with Crippen molar-refractivity contribution in [2.75, 3.05) is 6.54 Å². The molecule has 2 rings (SSSR count). The van der Waals surface area contributed by atoms with Gasteiger partial charge in [-0.05, 0) is 43.9 Å². The van der Waals surface area contributed by atoms with E-state index in [9.17, 15) is 23.2 Å². The number of urea groups is 1. The number of carbonyl (C=O) groups excluding carboxylic acids is 3. The molecule has 5 nitrogen and oxygen atoms in total. The van der Waals surface area contributed by atoms with Crippen LogP contribution in [0, 0.1) is 17.6 Å². The normalized spacial score (nSPS) is 20.7. The van der Waals surface area contributed by atoms with Crippen molar-refractivity contribution in [2.24, 2.45) is 5.92 Å². The van der Waals surface area contributed by atoms with Gasteiger partial charge in [0, 0.05) is 5.56 Å². The number of Topliss-reactive ketones (excluding diaryl/α,β-unsaturated/α-hetero) is 1. The number of rotatable bonds is 6. The van der Waals surface area contributed by atoms with Crippen LogP contribution in [0.3, 0.4) is 0 Å². The van der Waals surface area contributed by atoms with Crippen LogP contribution in [0.5, 0.6) is 0 Å². The summed E-state index contributed by atoms with van der Waals surface area (Å²) in [5.74, 6) is -2.97. The molecule has 0 radical (unpaired) electrons. The maximum Gasteiger partial charge on any atom is 0.325 e. The van der Waals surface area contributed by atoms with E-state index in [1.165, 1.54) is 0 Å². The fourth-order valence-electron chi connectivity index (χ4n) is 2.54. The SMILES string of the molecule is CC(C)CCC1(C)NC(=O)N(CC(=O)c2ccc(F)c(F)c2)C1=O. The molecule has 130 valence electrons. The van der Waals surface area contributed by atoms with Gasteiger partial charge in [0.2, 0.25) is 0 Å². The molecule has 1 N–H and O–H groups in total. The molecular weight excluding hydrogens is 318 g/mol. The van der Waals surface area contributed by atoms with Crippen molar-refractivity contribution in [3.05, 3.63) is 35.4 Å². The highest BCUT2D eigenvalue weighted by Crippen LogP contribution is 2.25. The molecule has 0 saturated carbocycles. The zero-order chi connectivity index (χ0) is 18.1. The van der Waals surface area contributed by atoms with Crippen LogP contribution in [0.2, 0.25) is 0 Å². The second-order valence-corrected chi connectivity index (χ2v) is 6.64. The Morgan fingerprint density at radius 1 is 1.25 bits per heavy atom. The van der Waals surface area contributed by atoms with Crippen LogP contribution in [0.25, 0.3) is 0 Å². The molecule has 0 spiro atoms. The molecule has 0 aliphatic carbocycles. The quantitative estimate of drug-likeness (QED) is 0.641. The molecule has 1 fully saturated rings. The Morgan fingerprint density at radius 2 is 1.92 bits per heavy atom. The number of hydrogen-bond acceptors (Lipinski definition) is 3. The number of nitrogens with one attached hydrogen (secondary N) is 1. The van der Waals surface area contributed by atoms with Gasteiger partial charge < -0.3 is 5.32 Å². The lowest BCUT2D eigenvalue weighted by molar-refractivity contribution is -0.130. The first kappa shape index (κ1) is 18.0. The first-order chi connectivity index (χ1) is 11.1. The van der Waals surface area contributed by atoms with E-state index >= 15 is 0 Å². The fourth-order valence-corrected chi connectivity index (χ4v) is 2.54. The number of imide groups is 1. The second-order valence-electron chi connectivity index (χ2n) is 6.64. The lowest BCUT2D eigenvalue weighted by Gasteiger charge is -2.22. The van der Waals surface area contributed by atoms with Crippen LogP contribution in [-0.2, 0) is 4.79 Å². The van der Waals surface area contributed by atoms with Gasteiger partial charge in [0.25, 0.3) is 5.91 Å². The van der Waals surface area contributed by atoms with Crippen molar-refractivity contribution in [1.82, 2.24) is 10.2 Å². The molecule has 1 unspecified atom stereocenters. The minimum atomic E-state index is -1.15. The number of carbonyl (C=O) groups is 3. The van der Waals surface area contributed by atoms with E-state index in [4.69, 9.17) is 0 Å². The van der Waals surface area contributed by atoms with Gasteiger partial charge in [-0.15, -0.1) is 0 Å². The third-order valence-electron chi connectivity index (χ3n) is 4.11. The molecule has 3 amide bonds. The van der Waals surface area contributed by atoms with Gasteiger partial charge in [-0.3, -0.25) is 14.5 Å². The van der Waals surface area contributed by atoms with Crippen LogP contribution < -0.4 is 5.32 Å². The molecule has 24 heavy (non-hydrogen) atoms. The largest absolute Gasteiger partial charge is 0.325 e. The van der Waals surface area contributed by atoms with Crippen molar-refractivity contribution < 1.29 is 23.2 Å². The topological polar surface area (TPSA) is 66.5 Å². The summed E-state index contributed by atoms with van der Waals surface area (Å²) in [5, 5.41) is 2.61. The lowest BCUT2D eigenvalue weighted by Crippen LogP contribution is -2.44.